The molecular weight excluding hydrogens is 208 g/mol. The highest BCUT2D eigenvalue weighted by Crippen LogP contribution is 2.33. The molecular formula is C15H24N2. The third-order valence-electron chi connectivity index (χ3n) is 4.09. The molecule has 1 aromatic rings. The molecule has 17 heavy (non-hydrogen) atoms. The summed E-state index contributed by atoms with van der Waals surface area (Å²) >= 11 is 0. The van der Waals surface area contributed by atoms with Crippen LogP contribution in [0.5, 0.6) is 0 Å². The minimum atomic E-state index is 0.600. The zero-order valence-electron chi connectivity index (χ0n) is 11.5. The van der Waals surface area contributed by atoms with Gasteiger partial charge in [-0.1, -0.05) is 6.92 Å². The lowest BCUT2D eigenvalue weighted by Crippen LogP contribution is -2.40. The zero-order chi connectivity index (χ0) is 12.6. The summed E-state index contributed by atoms with van der Waals surface area (Å²) in [6.07, 6.45) is 2.54. The van der Waals surface area contributed by atoms with Crippen LogP contribution in [0.25, 0.3) is 0 Å². The lowest BCUT2D eigenvalue weighted by atomic mass is 9.92. The maximum Gasteiger partial charge on any atom is 0.0605 e. The Morgan fingerprint density at radius 3 is 2.47 bits per heavy atom. The van der Waals surface area contributed by atoms with E-state index in [-0.39, 0.29) is 0 Å². The van der Waals surface area contributed by atoms with Gasteiger partial charge in [-0.2, -0.15) is 0 Å². The number of hydrogen-bond acceptors (Lipinski definition) is 2. The molecule has 1 aliphatic rings. The molecule has 0 aromatic heterocycles. The SMILES string of the molecule is Cc1cc(N)c(N2CCC(C)CC2C)cc1C. The van der Waals surface area contributed by atoms with Crippen molar-refractivity contribution in [3.8, 4) is 0 Å². The van der Waals surface area contributed by atoms with E-state index in [0.29, 0.717) is 6.04 Å². The quantitative estimate of drug-likeness (QED) is 0.751. The van der Waals surface area contributed by atoms with Gasteiger partial charge in [-0.25, -0.2) is 0 Å². The summed E-state index contributed by atoms with van der Waals surface area (Å²) in [5, 5.41) is 0. The average Bonchev–Trinajstić information content (AvgIpc) is 2.24. The molecule has 0 spiro atoms. The van der Waals surface area contributed by atoms with Gasteiger partial charge in [0.1, 0.15) is 0 Å². The number of benzene rings is 1. The van der Waals surface area contributed by atoms with Crippen molar-refractivity contribution in [2.24, 2.45) is 5.92 Å². The van der Waals surface area contributed by atoms with Crippen molar-refractivity contribution < 1.29 is 0 Å². The molecule has 1 aromatic carbocycles. The van der Waals surface area contributed by atoms with Crippen LogP contribution in [-0.4, -0.2) is 12.6 Å². The molecule has 1 fully saturated rings. The molecule has 2 heteroatoms. The van der Waals surface area contributed by atoms with E-state index in [2.05, 4.69) is 44.7 Å². The van der Waals surface area contributed by atoms with Crippen LogP contribution in [0.2, 0.25) is 0 Å². The Bertz CT molecular complexity index is 412. The van der Waals surface area contributed by atoms with Crippen LogP contribution in [0.15, 0.2) is 12.1 Å². The van der Waals surface area contributed by atoms with Crippen molar-refractivity contribution in [2.75, 3.05) is 17.2 Å². The van der Waals surface area contributed by atoms with E-state index in [4.69, 9.17) is 5.73 Å². The fourth-order valence-electron chi connectivity index (χ4n) is 2.84. The second-order valence-corrected chi connectivity index (χ2v) is 5.67. The third kappa shape index (κ3) is 2.41. The number of piperidine rings is 1. The van der Waals surface area contributed by atoms with Crippen molar-refractivity contribution in [3.05, 3.63) is 23.3 Å². The summed E-state index contributed by atoms with van der Waals surface area (Å²) in [5.41, 5.74) is 10.9. The number of anilines is 2. The first-order valence-electron chi connectivity index (χ1n) is 6.62. The molecule has 0 radical (unpaired) electrons. The molecule has 94 valence electrons. The number of aryl methyl sites for hydroxylation is 2. The standard InChI is InChI=1S/C15H24N2/c1-10-5-6-17(13(4)7-10)15-9-12(3)11(2)8-14(15)16/h8-10,13H,5-7,16H2,1-4H3. The first-order chi connectivity index (χ1) is 7.99. The Labute approximate surface area is 105 Å². The van der Waals surface area contributed by atoms with Gasteiger partial charge >= 0.3 is 0 Å². The fourth-order valence-corrected chi connectivity index (χ4v) is 2.84. The van der Waals surface area contributed by atoms with Gasteiger partial charge < -0.3 is 10.6 Å². The Hall–Kier alpha value is -1.18. The predicted octanol–water partition coefficient (Wildman–Crippen LogP) is 3.51. The first-order valence-corrected chi connectivity index (χ1v) is 6.62. The largest absolute Gasteiger partial charge is 0.397 e. The monoisotopic (exact) mass is 232 g/mol. The minimum Gasteiger partial charge on any atom is -0.397 e. The molecule has 2 unspecified atom stereocenters. The van der Waals surface area contributed by atoms with Crippen molar-refractivity contribution in [1.82, 2.24) is 0 Å². The summed E-state index contributed by atoms with van der Waals surface area (Å²) in [6.45, 7) is 10.1. The van der Waals surface area contributed by atoms with Crippen LogP contribution in [0.3, 0.4) is 0 Å². The summed E-state index contributed by atoms with van der Waals surface area (Å²) in [7, 11) is 0. The van der Waals surface area contributed by atoms with Crippen LogP contribution < -0.4 is 10.6 Å². The van der Waals surface area contributed by atoms with Gasteiger partial charge in [0.2, 0.25) is 0 Å². The molecule has 0 bridgehead atoms. The average molecular weight is 232 g/mol. The van der Waals surface area contributed by atoms with Crippen LogP contribution in [-0.2, 0) is 0 Å². The van der Waals surface area contributed by atoms with Crippen LogP contribution >= 0.6 is 0 Å². The van der Waals surface area contributed by atoms with Gasteiger partial charge in [-0.3, -0.25) is 0 Å². The highest BCUT2D eigenvalue weighted by Gasteiger charge is 2.24. The van der Waals surface area contributed by atoms with E-state index < -0.39 is 0 Å². The molecule has 2 atom stereocenters. The highest BCUT2D eigenvalue weighted by atomic mass is 15.2. The summed E-state index contributed by atoms with van der Waals surface area (Å²) in [5.74, 6) is 0.842. The molecule has 2 rings (SSSR count). The predicted molar refractivity (Wildman–Crippen MR) is 75.5 cm³/mol. The zero-order valence-corrected chi connectivity index (χ0v) is 11.5. The third-order valence-corrected chi connectivity index (χ3v) is 4.09. The van der Waals surface area contributed by atoms with Gasteiger partial charge in [0.25, 0.3) is 0 Å². The minimum absolute atomic E-state index is 0.600. The summed E-state index contributed by atoms with van der Waals surface area (Å²) in [6, 6.07) is 4.95. The van der Waals surface area contributed by atoms with Gasteiger partial charge in [0, 0.05) is 12.6 Å². The van der Waals surface area contributed by atoms with E-state index in [1.165, 1.54) is 29.7 Å². The Kier molecular flexibility index (Phi) is 3.32. The highest BCUT2D eigenvalue weighted by molar-refractivity contribution is 5.70. The maximum absolute atomic E-state index is 6.18. The van der Waals surface area contributed by atoms with Gasteiger partial charge in [0.15, 0.2) is 0 Å². The number of nitrogens with two attached hydrogens (primary N) is 1. The Morgan fingerprint density at radius 2 is 1.82 bits per heavy atom. The molecule has 2 N–H and O–H groups in total. The second-order valence-electron chi connectivity index (χ2n) is 5.67. The lowest BCUT2D eigenvalue weighted by molar-refractivity contribution is 0.378. The van der Waals surface area contributed by atoms with Crippen LogP contribution in [0, 0.1) is 19.8 Å². The first kappa shape index (κ1) is 12.3. The maximum atomic E-state index is 6.18. The molecule has 1 saturated heterocycles. The normalized spacial score (nSPS) is 25.1. The molecule has 0 aliphatic carbocycles. The van der Waals surface area contributed by atoms with Gasteiger partial charge in [-0.15, -0.1) is 0 Å². The topological polar surface area (TPSA) is 29.3 Å². The molecule has 0 saturated carbocycles. The Morgan fingerprint density at radius 1 is 1.18 bits per heavy atom. The number of rotatable bonds is 1. The van der Waals surface area contributed by atoms with Crippen molar-refractivity contribution >= 4 is 11.4 Å². The number of nitrogens with zero attached hydrogens (tertiary/aromatic N) is 1. The van der Waals surface area contributed by atoms with Crippen molar-refractivity contribution in [2.45, 2.75) is 46.6 Å². The van der Waals surface area contributed by atoms with E-state index in [9.17, 15) is 0 Å². The van der Waals surface area contributed by atoms with Gasteiger partial charge in [-0.05, 0) is 62.8 Å². The molecule has 1 heterocycles. The van der Waals surface area contributed by atoms with E-state index in [1.807, 2.05) is 0 Å². The van der Waals surface area contributed by atoms with Gasteiger partial charge in [0.05, 0.1) is 11.4 Å². The number of hydrogen-bond donors (Lipinski definition) is 1. The van der Waals surface area contributed by atoms with Crippen molar-refractivity contribution in [1.29, 1.82) is 0 Å². The van der Waals surface area contributed by atoms with E-state index >= 15 is 0 Å². The van der Waals surface area contributed by atoms with E-state index in [1.54, 1.807) is 0 Å². The number of nitrogen functional groups attached to an aromatic ring is 1. The van der Waals surface area contributed by atoms with Crippen LogP contribution in [0.1, 0.15) is 37.8 Å². The summed E-state index contributed by atoms with van der Waals surface area (Å²) < 4.78 is 0. The molecule has 1 aliphatic heterocycles. The molecule has 0 amide bonds. The lowest BCUT2D eigenvalue weighted by Gasteiger charge is -2.39. The fraction of sp³-hybridized carbons (Fsp3) is 0.600. The van der Waals surface area contributed by atoms with E-state index in [0.717, 1.165) is 18.2 Å². The summed E-state index contributed by atoms with van der Waals surface area (Å²) in [4.78, 5) is 2.47. The van der Waals surface area contributed by atoms with Crippen LogP contribution in [0.4, 0.5) is 11.4 Å². The smallest absolute Gasteiger partial charge is 0.0605 e. The Balaban J connectivity index is 2.31. The second kappa shape index (κ2) is 4.59. The van der Waals surface area contributed by atoms with Crippen molar-refractivity contribution in [3.63, 3.8) is 0 Å². The molecule has 2 nitrogen and oxygen atoms in total.